The van der Waals surface area contributed by atoms with Crippen LogP contribution in [-0.2, 0) is 14.4 Å². The maximum absolute atomic E-state index is 13.1. The number of aryl methyl sites for hydroxylation is 2. The highest BCUT2D eigenvalue weighted by molar-refractivity contribution is 6.10. The van der Waals surface area contributed by atoms with Gasteiger partial charge in [0.05, 0.1) is 11.8 Å². The van der Waals surface area contributed by atoms with Crippen LogP contribution in [0.3, 0.4) is 0 Å². The molecule has 2 saturated carbocycles. The fourth-order valence-electron chi connectivity index (χ4n) is 5.59. The second kappa shape index (κ2) is 5.54. The molecule has 3 amide bonds. The van der Waals surface area contributed by atoms with Gasteiger partial charge in [0.2, 0.25) is 17.7 Å². The molecule has 1 aromatic rings. The first kappa shape index (κ1) is 16.7. The van der Waals surface area contributed by atoms with E-state index in [0.717, 1.165) is 23.2 Å². The summed E-state index contributed by atoms with van der Waals surface area (Å²) in [5.74, 6) is 0.362. The van der Waals surface area contributed by atoms with Gasteiger partial charge in [0.25, 0.3) is 0 Å². The van der Waals surface area contributed by atoms with Crippen LogP contribution in [0.1, 0.15) is 24.5 Å². The van der Waals surface area contributed by atoms with Crippen molar-refractivity contribution in [3.05, 3.63) is 41.5 Å². The molecule has 1 aliphatic heterocycles. The van der Waals surface area contributed by atoms with Crippen molar-refractivity contribution in [2.24, 2.45) is 35.5 Å². The fourth-order valence-corrected chi connectivity index (χ4v) is 5.59. The van der Waals surface area contributed by atoms with Crippen LogP contribution in [0.25, 0.3) is 0 Å². The number of carbonyl (C=O) groups is 3. The molecule has 5 heteroatoms. The Hall–Kier alpha value is -2.43. The van der Waals surface area contributed by atoms with Crippen molar-refractivity contribution in [2.45, 2.75) is 33.2 Å². The Kier molecular flexibility index (Phi) is 3.43. The Balaban J connectivity index is 1.39. The maximum atomic E-state index is 13.1. The van der Waals surface area contributed by atoms with E-state index < -0.39 is 6.04 Å². The largest absolute Gasteiger partial charge is 0.324 e. The minimum Gasteiger partial charge on any atom is -0.324 e. The number of amides is 3. The molecule has 6 rings (SSSR count). The second-order valence-electron chi connectivity index (χ2n) is 8.68. The SMILES string of the molecule is Cc1ccc(C)c(NC(=O)[C@H](C)N2C(=O)[C@@H]3[C@H]4C=C[C@@H]([C@@H]5C[C@@H]45)[C@@H]3C2=O)c1. The van der Waals surface area contributed by atoms with Crippen LogP contribution in [0.4, 0.5) is 5.69 Å². The highest BCUT2D eigenvalue weighted by Gasteiger charge is 2.67. The van der Waals surface area contributed by atoms with E-state index in [4.69, 9.17) is 0 Å². The van der Waals surface area contributed by atoms with Gasteiger partial charge in [-0.25, -0.2) is 0 Å². The zero-order valence-corrected chi connectivity index (χ0v) is 15.8. The molecular formula is C22H24N2O3. The first-order valence-electron chi connectivity index (χ1n) is 9.82. The summed E-state index contributed by atoms with van der Waals surface area (Å²) < 4.78 is 0. The van der Waals surface area contributed by atoms with Crippen LogP contribution < -0.4 is 5.32 Å². The lowest BCUT2D eigenvalue weighted by molar-refractivity contribution is -0.146. The predicted molar refractivity (Wildman–Crippen MR) is 101 cm³/mol. The maximum Gasteiger partial charge on any atom is 0.247 e. The number of carbonyl (C=O) groups excluding carboxylic acids is 3. The number of hydrogen-bond acceptors (Lipinski definition) is 3. The molecule has 0 aromatic heterocycles. The normalized spacial score (nSPS) is 36.5. The second-order valence-corrected chi connectivity index (χ2v) is 8.68. The highest BCUT2D eigenvalue weighted by atomic mass is 16.2. The third-order valence-electron chi connectivity index (χ3n) is 7.11. The van der Waals surface area contributed by atoms with Crippen molar-refractivity contribution in [1.82, 2.24) is 4.90 Å². The zero-order chi connectivity index (χ0) is 19.0. The van der Waals surface area contributed by atoms with Crippen molar-refractivity contribution < 1.29 is 14.4 Å². The van der Waals surface area contributed by atoms with E-state index in [-0.39, 0.29) is 41.4 Å². The molecule has 1 aromatic carbocycles. The molecule has 1 N–H and O–H groups in total. The van der Waals surface area contributed by atoms with Gasteiger partial charge in [-0.15, -0.1) is 0 Å². The molecule has 140 valence electrons. The van der Waals surface area contributed by atoms with E-state index in [0.29, 0.717) is 11.8 Å². The number of rotatable bonds is 3. The lowest BCUT2D eigenvalue weighted by Crippen LogP contribution is -2.46. The van der Waals surface area contributed by atoms with E-state index in [1.54, 1.807) is 6.92 Å². The number of hydrogen-bond donors (Lipinski definition) is 1. The number of benzene rings is 1. The first-order chi connectivity index (χ1) is 12.9. The molecule has 27 heavy (non-hydrogen) atoms. The molecule has 0 unspecified atom stereocenters. The van der Waals surface area contributed by atoms with Crippen LogP contribution in [0.15, 0.2) is 30.4 Å². The van der Waals surface area contributed by atoms with E-state index in [9.17, 15) is 14.4 Å². The number of anilines is 1. The van der Waals surface area contributed by atoms with Crippen molar-refractivity contribution >= 4 is 23.4 Å². The van der Waals surface area contributed by atoms with E-state index >= 15 is 0 Å². The van der Waals surface area contributed by atoms with Crippen LogP contribution in [0.2, 0.25) is 0 Å². The van der Waals surface area contributed by atoms with Crippen LogP contribution >= 0.6 is 0 Å². The summed E-state index contributed by atoms with van der Waals surface area (Å²) in [6, 6.07) is 5.05. The van der Waals surface area contributed by atoms with Gasteiger partial charge in [0, 0.05) is 5.69 Å². The number of likely N-dealkylation sites (tertiary alicyclic amines) is 1. The van der Waals surface area contributed by atoms with Crippen molar-refractivity contribution in [2.75, 3.05) is 5.32 Å². The highest BCUT2D eigenvalue weighted by Crippen LogP contribution is 2.65. The molecule has 5 nitrogen and oxygen atoms in total. The van der Waals surface area contributed by atoms with Gasteiger partial charge in [-0.05, 0) is 68.1 Å². The molecule has 7 atom stereocenters. The van der Waals surface area contributed by atoms with E-state index in [2.05, 4.69) is 17.5 Å². The summed E-state index contributed by atoms with van der Waals surface area (Å²) in [7, 11) is 0. The van der Waals surface area contributed by atoms with Gasteiger partial charge < -0.3 is 5.32 Å². The lowest BCUT2D eigenvalue weighted by Gasteiger charge is -2.37. The third-order valence-corrected chi connectivity index (χ3v) is 7.11. The summed E-state index contributed by atoms with van der Waals surface area (Å²) >= 11 is 0. The van der Waals surface area contributed by atoms with Gasteiger partial charge in [-0.2, -0.15) is 0 Å². The summed E-state index contributed by atoms with van der Waals surface area (Å²) in [6.07, 6.45) is 5.43. The van der Waals surface area contributed by atoms with Crippen LogP contribution in [0, 0.1) is 49.4 Å². The fraction of sp³-hybridized carbons (Fsp3) is 0.500. The average Bonchev–Trinajstić information content (AvgIpc) is 3.42. The van der Waals surface area contributed by atoms with E-state index in [1.165, 1.54) is 4.90 Å². The number of imide groups is 1. The van der Waals surface area contributed by atoms with Gasteiger partial charge in [-0.1, -0.05) is 24.3 Å². The van der Waals surface area contributed by atoms with Crippen molar-refractivity contribution in [3.8, 4) is 0 Å². The number of nitrogens with one attached hydrogen (secondary N) is 1. The Bertz CT molecular complexity index is 869. The minimum atomic E-state index is -0.800. The van der Waals surface area contributed by atoms with Gasteiger partial charge >= 0.3 is 0 Å². The molecule has 3 fully saturated rings. The molecule has 0 spiro atoms. The van der Waals surface area contributed by atoms with Crippen LogP contribution in [-0.4, -0.2) is 28.7 Å². The third kappa shape index (κ3) is 2.27. The molecular weight excluding hydrogens is 340 g/mol. The Labute approximate surface area is 158 Å². The number of nitrogens with zero attached hydrogens (tertiary/aromatic N) is 1. The lowest BCUT2D eigenvalue weighted by atomic mass is 9.63. The molecule has 1 heterocycles. The molecule has 0 radical (unpaired) electrons. The monoisotopic (exact) mass is 364 g/mol. The summed E-state index contributed by atoms with van der Waals surface area (Å²) in [5, 5.41) is 2.91. The average molecular weight is 364 g/mol. The standard InChI is InChI=1S/C22H24N2O3/c1-10-4-5-11(2)17(8-10)23-20(25)12(3)24-21(26)18-13-6-7-14(16-9-15(13)16)19(18)22(24)27/h4-8,12-16,18-19H,9H2,1-3H3,(H,23,25)/t12-,13-,14-,15-,16-,18-,19+/m0/s1. The predicted octanol–water partition coefficient (Wildman–Crippen LogP) is 2.68. The Morgan fingerprint density at radius 1 is 1.07 bits per heavy atom. The van der Waals surface area contributed by atoms with Crippen LogP contribution in [0.5, 0.6) is 0 Å². The summed E-state index contributed by atoms with van der Waals surface area (Å²) in [6.45, 7) is 5.55. The Morgan fingerprint density at radius 2 is 1.67 bits per heavy atom. The van der Waals surface area contributed by atoms with Gasteiger partial charge in [0.1, 0.15) is 6.04 Å². The molecule has 5 aliphatic rings. The van der Waals surface area contributed by atoms with Gasteiger partial charge in [0.15, 0.2) is 0 Å². The minimum absolute atomic E-state index is 0.154. The smallest absolute Gasteiger partial charge is 0.247 e. The van der Waals surface area contributed by atoms with Crippen molar-refractivity contribution in [1.29, 1.82) is 0 Å². The van der Waals surface area contributed by atoms with E-state index in [1.807, 2.05) is 32.0 Å². The molecule has 4 aliphatic carbocycles. The molecule has 2 bridgehead atoms. The first-order valence-corrected chi connectivity index (χ1v) is 9.82. The molecule has 1 saturated heterocycles. The van der Waals surface area contributed by atoms with Crippen molar-refractivity contribution in [3.63, 3.8) is 0 Å². The Morgan fingerprint density at radius 3 is 2.26 bits per heavy atom. The number of allylic oxidation sites excluding steroid dienone is 2. The quantitative estimate of drug-likeness (QED) is 0.662. The van der Waals surface area contributed by atoms with Gasteiger partial charge in [-0.3, -0.25) is 19.3 Å². The summed E-state index contributed by atoms with van der Waals surface area (Å²) in [4.78, 5) is 40.3. The topological polar surface area (TPSA) is 66.5 Å². The zero-order valence-electron chi connectivity index (χ0n) is 15.8. The summed E-state index contributed by atoms with van der Waals surface area (Å²) in [5.41, 5.74) is 2.73.